The van der Waals surface area contributed by atoms with E-state index < -0.39 is 0 Å². The zero-order chi connectivity index (χ0) is 13.4. The highest BCUT2D eigenvalue weighted by Gasteiger charge is 2.21. The van der Waals surface area contributed by atoms with Gasteiger partial charge in [0.2, 0.25) is 5.91 Å². The first-order valence-corrected chi connectivity index (χ1v) is 7.16. The van der Waals surface area contributed by atoms with E-state index >= 15 is 0 Å². The van der Waals surface area contributed by atoms with Crippen molar-refractivity contribution in [3.63, 3.8) is 0 Å². The van der Waals surface area contributed by atoms with Crippen molar-refractivity contribution < 1.29 is 9.53 Å². The van der Waals surface area contributed by atoms with Crippen LogP contribution in [0.4, 0.5) is 0 Å². The number of methoxy groups -OCH3 is 1. The first-order chi connectivity index (χ1) is 8.65. The van der Waals surface area contributed by atoms with Crippen LogP contribution in [0.2, 0.25) is 0 Å². The van der Waals surface area contributed by atoms with Crippen LogP contribution in [-0.4, -0.2) is 50.2 Å². The van der Waals surface area contributed by atoms with E-state index in [1.165, 1.54) is 12.8 Å². The lowest BCUT2D eigenvalue weighted by atomic mass is 10.2. The molecular formula is C14H28N2O2. The molecule has 2 atom stereocenters. The van der Waals surface area contributed by atoms with E-state index in [0.29, 0.717) is 5.92 Å². The van der Waals surface area contributed by atoms with Crippen molar-refractivity contribution >= 4 is 5.91 Å². The number of nitrogens with zero attached hydrogens (tertiary/aromatic N) is 1. The minimum atomic E-state index is -0.0811. The van der Waals surface area contributed by atoms with Crippen molar-refractivity contribution in [1.82, 2.24) is 10.2 Å². The van der Waals surface area contributed by atoms with Gasteiger partial charge in [0.1, 0.15) is 0 Å². The zero-order valence-electron chi connectivity index (χ0n) is 12.1. The van der Waals surface area contributed by atoms with Crippen LogP contribution in [0.5, 0.6) is 0 Å². The average Bonchev–Trinajstić information content (AvgIpc) is 2.64. The van der Waals surface area contributed by atoms with Gasteiger partial charge in [-0.25, -0.2) is 0 Å². The minimum Gasteiger partial charge on any atom is -0.384 e. The standard InChI is InChI=1S/C14H28N2O2/c1-12(11-18-3)10-15-13(2)14(17)16-8-6-4-5-7-9-16/h12-13,15H,4-11H2,1-3H3. The fourth-order valence-electron chi connectivity index (χ4n) is 2.37. The first-order valence-electron chi connectivity index (χ1n) is 7.16. The predicted molar refractivity (Wildman–Crippen MR) is 73.6 cm³/mol. The summed E-state index contributed by atoms with van der Waals surface area (Å²) in [7, 11) is 1.71. The third-order valence-electron chi connectivity index (χ3n) is 3.51. The second kappa shape index (κ2) is 8.48. The van der Waals surface area contributed by atoms with E-state index in [1.54, 1.807) is 7.11 Å². The van der Waals surface area contributed by atoms with Gasteiger partial charge in [-0.1, -0.05) is 19.8 Å². The van der Waals surface area contributed by atoms with Crippen LogP contribution in [0.1, 0.15) is 39.5 Å². The largest absolute Gasteiger partial charge is 0.384 e. The van der Waals surface area contributed by atoms with Crippen LogP contribution in [0.25, 0.3) is 0 Å². The first kappa shape index (κ1) is 15.4. The molecule has 1 saturated heterocycles. The van der Waals surface area contributed by atoms with Crippen LogP contribution in [0, 0.1) is 5.92 Å². The molecular weight excluding hydrogens is 228 g/mol. The highest BCUT2D eigenvalue weighted by molar-refractivity contribution is 5.81. The highest BCUT2D eigenvalue weighted by atomic mass is 16.5. The van der Waals surface area contributed by atoms with Crippen LogP contribution < -0.4 is 5.32 Å². The van der Waals surface area contributed by atoms with E-state index in [-0.39, 0.29) is 11.9 Å². The van der Waals surface area contributed by atoms with E-state index in [1.807, 2.05) is 11.8 Å². The Balaban J connectivity index is 2.30. The van der Waals surface area contributed by atoms with E-state index in [2.05, 4.69) is 12.2 Å². The fourth-order valence-corrected chi connectivity index (χ4v) is 2.37. The molecule has 2 unspecified atom stereocenters. The average molecular weight is 256 g/mol. The van der Waals surface area contributed by atoms with Crippen LogP contribution in [0.3, 0.4) is 0 Å². The molecule has 1 fully saturated rings. The smallest absolute Gasteiger partial charge is 0.239 e. The highest BCUT2D eigenvalue weighted by Crippen LogP contribution is 2.10. The molecule has 1 heterocycles. The summed E-state index contributed by atoms with van der Waals surface area (Å²) in [5.41, 5.74) is 0. The van der Waals surface area contributed by atoms with Gasteiger partial charge in [0.15, 0.2) is 0 Å². The summed E-state index contributed by atoms with van der Waals surface area (Å²) in [5, 5.41) is 3.31. The molecule has 1 aliphatic rings. The Kier molecular flexibility index (Phi) is 7.28. The third-order valence-corrected chi connectivity index (χ3v) is 3.51. The summed E-state index contributed by atoms with van der Waals surface area (Å²) in [6.45, 7) is 7.51. The Morgan fingerprint density at radius 3 is 2.39 bits per heavy atom. The minimum absolute atomic E-state index is 0.0811. The fraction of sp³-hybridized carbons (Fsp3) is 0.929. The summed E-state index contributed by atoms with van der Waals surface area (Å²) in [6, 6.07) is -0.0811. The summed E-state index contributed by atoms with van der Waals surface area (Å²) in [6.07, 6.45) is 4.82. The molecule has 1 rings (SSSR count). The number of hydrogen-bond acceptors (Lipinski definition) is 3. The molecule has 106 valence electrons. The van der Waals surface area contributed by atoms with Gasteiger partial charge >= 0.3 is 0 Å². The monoisotopic (exact) mass is 256 g/mol. The summed E-state index contributed by atoms with van der Waals surface area (Å²) < 4.78 is 5.09. The number of carbonyl (C=O) groups excluding carboxylic acids is 1. The number of carbonyl (C=O) groups is 1. The lowest BCUT2D eigenvalue weighted by Crippen LogP contribution is -2.46. The molecule has 0 aromatic rings. The number of ether oxygens (including phenoxy) is 1. The van der Waals surface area contributed by atoms with Gasteiger partial charge in [-0.05, 0) is 25.7 Å². The lowest BCUT2D eigenvalue weighted by Gasteiger charge is -2.25. The quantitative estimate of drug-likeness (QED) is 0.785. The van der Waals surface area contributed by atoms with Crippen molar-refractivity contribution in [2.24, 2.45) is 5.92 Å². The van der Waals surface area contributed by atoms with Gasteiger partial charge in [-0.15, -0.1) is 0 Å². The van der Waals surface area contributed by atoms with E-state index in [4.69, 9.17) is 4.74 Å². The molecule has 0 bridgehead atoms. The van der Waals surface area contributed by atoms with Crippen LogP contribution in [-0.2, 0) is 9.53 Å². The van der Waals surface area contributed by atoms with E-state index in [9.17, 15) is 4.79 Å². The second-order valence-corrected chi connectivity index (χ2v) is 5.43. The molecule has 1 amide bonds. The molecule has 0 saturated carbocycles. The second-order valence-electron chi connectivity index (χ2n) is 5.43. The van der Waals surface area contributed by atoms with Crippen molar-refractivity contribution in [1.29, 1.82) is 0 Å². The summed E-state index contributed by atoms with van der Waals surface area (Å²) in [4.78, 5) is 14.3. The molecule has 0 aromatic carbocycles. The molecule has 4 nitrogen and oxygen atoms in total. The van der Waals surface area contributed by atoms with Crippen molar-refractivity contribution in [3.8, 4) is 0 Å². The molecule has 0 aliphatic carbocycles. The predicted octanol–water partition coefficient (Wildman–Crippen LogP) is 1.65. The summed E-state index contributed by atoms with van der Waals surface area (Å²) in [5.74, 6) is 0.691. The van der Waals surface area contributed by atoms with Gasteiger partial charge in [0, 0.05) is 33.4 Å². The van der Waals surface area contributed by atoms with Crippen molar-refractivity contribution in [3.05, 3.63) is 0 Å². The lowest BCUT2D eigenvalue weighted by molar-refractivity contribution is -0.133. The zero-order valence-corrected chi connectivity index (χ0v) is 12.1. The van der Waals surface area contributed by atoms with Crippen LogP contribution in [0.15, 0.2) is 0 Å². The Morgan fingerprint density at radius 1 is 1.22 bits per heavy atom. The van der Waals surface area contributed by atoms with Gasteiger partial charge < -0.3 is 15.0 Å². The molecule has 18 heavy (non-hydrogen) atoms. The maximum atomic E-state index is 12.3. The van der Waals surface area contributed by atoms with Crippen molar-refractivity contribution in [2.75, 3.05) is 33.4 Å². The molecule has 0 aromatic heterocycles. The molecule has 1 N–H and O–H groups in total. The topological polar surface area (TPSA) is 41.6 Å². The summed E-state index contributed by atoms with van der Waals surface area (Å²) >= 11 is 0. The van der Waals surface area contributed by atoms with Gasteiger partial charge in [-0.3, -0.25) is 4.79 Å². The Morgan fingerprint density at radius 2 is 1.83 bits per heavy atom. The normalized spacial score (nSPS) is 20.3. The van der Waals surface area contributed by atoms with Gasteiger partial charge in [-0.2, -0.15) is 0 Å². The molecule has 0 spiro atoms. The third kappa shape index (κ3) is 5.36. The molecule has 4 heteroatoms. The van der Waals surface area contributed by atoms with Crippen molar-refractivity contribution in [2.45, 2.75) is 45.6 Å². The number of rotatable bonds is 6. The van der Waals surface area contributed by atoms with Gasteiger partial charge in [0.05, 0.1) is 6.04 Å². The Hall–Kier alpha value is -0.610. The molecule has 1 aliphatic heterocycles. The maximum Gasteiger partial charge on any atom is 0.239 e. The maximum absolute atomic E-state index is 12.3. The number of nitrogens with one attached hydrogen (secondary N) is 1. The Labute approximate surface area is 111 Å². The Bertz CT molecular complexity index is 238. The van der Waals surface area contributed by atoms with Gasteiger partial charge in [0.25, 0.3) is 0 Å². The number of amides is 1. The number of likely N-dealkylation sites (tertiary alicyclic amines) is 1. The molecule has 0 radical (unpaired) electrons. The van der Waals surface area contributed by atoms with E-state index in [0.717, 1.165) is 39.1 Å². The van der Waals surface area contributed by atoms with Crippen LogP contribution >= 0.6 is 0 Å². The number of hydrogen-bond donors (Lipinski definition) is 1. The SMILES string of the molecule is COCC(C)CNC(C)C(=O)N1CCCCCC1.